The molecule has 1 aromatic carbocycles. The van der Waals surface area contributed by atoms with Crippen molar-refractivity contribution in [1.29, 1.82) is 0 Å². The van der Waals surface area contributed by atoms with Crippen LogP contribution in [0.4, 0.5) is 16.2 Å². The molecule has 21 heavy (non-hydrogen) atoms. The van der Waals surface area contributed by atoms with Crippen LogP contribution in [0.3, 0.4) is 0 Å². The second-order valence-electron chi connectivity index (χ2n) is 4.92. The highest BCUT2D eigenvalue weighted by Crippen LogP contribution is 2.32. The Morgan fingerprint density at radius 1 is 1.38 bits per heavy atom. The van der Waals surface area contributed by atoms with E-state index < -0.39 is 24.1 Å². The summed E-state index contributed by atoms with van der Waals surface area (Å²) in [5, 5.41) is 23.6. The van der Waals surface area contributed by atoms with Gasteiger partial charge in [0.15, 0.2) is 5.60 Å². The fraction of sp³-hybridized carbons (Fsp3) is 0.385. The van der Waals surface area contributed by atoms with Gasteiger partial charge in [0.2, 0.25) is 0 Å². The van der Waals surface area contributed by atoms with Gasteiger partial charge in [0.05, 0.1) is 22.9 Å². The molecule has 0 radical (unpaired) electrons. The molecule has 7 nitrogen and oxygen atoms in total. The van der Waals surface area contributed by atoms with Crippen molar-refractivity contribution in [3.05, 3.63) is 23.2 Å². The molecule has 0 fully saturated rings. The minimum absolute atomic E-state index is 0.425. The van der Waals surface area contributed by atoms with Gasteiger partial charge in [-0.15, -0.1) is 0 Å². The Hall–Kier alpha value is -1.99. The normalized spacial score (nSPS) is 13.2. The standard InChI is InChI=1S/C13H18ClN3O4/c1-13(21,11(18)19)7-15-12(20)16-9-6-4-5-8(14)10(9)17(2)3/h4-6,21H,7H2,1-3H3,(H,18,19)(H2,15,16,20). The first-order valence-electron chi connectivity index (χ1n) is 6.11. The Bertz CT molecular complexity index is 546. The highest BCUT2D eigenvalue weighted by molar-refractivity contribution is 6.34. The molecule has 8 heteroatoms. The van der Waals surface area contributed by atoms with Gasteiger partial charge in [0, 0.05) is 14.1 Å². The number of carboxylic acids is 1. The summed E-state index contributed by atoms with van der Waals surface area (Å²) in [4.78, 5) is 24.3. The number of nitrogens with one attached hydrogen (secondary N) is 2. The summed E-state index contributed by atoms with van der Waals surface area (Å²) in [5.74, 6) is -1.42. The molecule has 0 aliphatic heterocycles. The maximum absolute atomic E-state index is 11.8. The lowest BCUT2D eigenvalue weighted by Gasteiger charge is -2.21. The monoisotopic (exact) mass is 315 g/mol. The lowest BCUT2D eigenvalue weighted by molar-refractivity contribution is -0.155. The molecule has 1 unspecified atom stereocenters. The van der Waals surface area contributed by atoms with Crippen molar-refractivity contribution >= 4 is 35.0 Å². The minimum Gasteiger partial charge on any atom is -0.479 e. The lowest BCUT2D eigenvalue weighted by atomic mass is 10.1. The number of hydrogen-bond acceptors (Lipinski definition) is 4. The van der Waals surface area contributed by atoms with Crippen molar-refractivity contribution in [1.82, 2.24) is 5.32 Å². The molecule has 0 saturated carbocycles. The summed E-state index contributed by atoms with van der Waals surface area (Å²) < 4.78 is 0. The molecule has 2 amide bonds. The van der Waals surface area contributed by atoms with E-state index in [9.17, 15) is 14.7 Å². The molecule has 0 spiro atoms. The topological polar surface area (TPSA) is 102 Å². The van der Waals surface area contributed by atoms with E-state index in [-0.39, 0.29) is 0 Å². The predicted octanol–water partition coefficient (Wildman–Crippen LogP) is 1.36. The number of carboxylic acid groups (broad SMARTS) is 1. The second kappa shape index (κ2) is 6.64. The SMILES string of the molecule is CN(C)c1c(Cl)cccc1NC(=O)NCC(C)(O)C(=O)O. The number of para-hydroxylation sites is 1. The van der Waals surface area contributed by atoms with Crippen LogP contribution in [0.5, 0.6) is 0 Å². The molecule has 0 saturated heterocycles. The number of aliphatic hydroxyl groups is 1. The van der Waals surface area contributed by atoms with Gasteiger partial charge in [-0.05, 0) is 19.1 Å². The first kappa shape index (κ1) is 17.1. The van der Waals surface area contributed by atoms with E-state index in [0.717, 1.165) is 6.92 Å². The molecule has 0 aliphatic carbocycles. The molecule has 1 aromatic rings. The van der Waals surface area contributed by atoms with E-state index in [2.05, 4.69) is 10.6 Å². The smallest absolute Gasteiger partial charge is 0.337 e. The highest BCUT2D eigenvalue weighted by atomic mass is 35.5. The maximum Gasteiger partial charge on any atom is 0.337 e. The van der Waals surface area contributed by atoms with Crippen LogP contribution in [-0.4, -0.2) is 48.5 Å². The lowest BCUT2D eigenvalue weighted by Crippen LogP contribution is -2.47. The van der Waals surface area contributed by atoms with Gasteiger partial charge in [-0.1, -0.05) is 17.7 Å². The highest BCUT2D eigenvalue weighted by Gasteiger charge is 2.30. The molecular weight excluding hydrogens is 298 g/mol. The molecule has 4 N–H and O–H groups in total. The van der Waals surface area contributed by atoms with E-state index in [4.69, 9.17) is 16.7 Å². The number of benzene rings is 1. The predicted molar refractivity (Wildman–Crippen MR) is 81.1 cm³/mol. The van der Waals surface area contributed by atoms with Crippen molar-refractivity contribution in [2.24, 2.45) is 0 Å². The molecular formula is C13H18ClN3O4. The van der Waals surface area contributed by atoms with Gasteiger partial charge in [0.1, 0.15) is 0 Å². The molecule has 0 bridgehead atoms. The third-order valence-corrected chi connectivity index (χ3v) is 3.04. The summed E-state index contributed by atoms with van der Waals surface area (Å²) in [6, 6.07) is 4.39. The van der Waals surface area contributed by atoms with E-state index in [1.807, 2.05) is 0 Å². The van der Waals surface area contributed by atoms with E-state index in [0.29, 0.717) is 16.4 Å². The van der Waals surface area contributed by atoms with Gasteiger partial charge in [-0.25, -0.2) is 9.59 Å². The van der Waals surface area contributed by atoms with Crippen molar-refractivity contribution in [3.8, 4) is 0 Å². The Balaban J connectivity index is 2.77. The van der Waals surface area contributed by atoms with Gasteiger partial charge < -0.3 is 25.7 Å². The van der Waals surface area contributed by atoms with Crippen LogP contribution in [0.15, 0.2) is 18.2 Å². The van der Waals surface area contributed by atoms with Crippen LogP contribution >= 0.6 is 11.6 Å². The van der Waals surface area contributed by atoms with Crippen molar-refractivity contribution in [2.75, 3.05) is 30.9 Å². The van der Waals surface area contributed by atoms with Crippen LogP contribution in [0.1, 0.15) is 6.92 Å². The molecule has 1 rings (SSSR count). The molecule has 0 aromatic heterocycles. The van der Waals surface area contributed by atoms with Crippen molar-refractivity contribution in [3.63, 3.8) is 0 Å². The molecule has 0 aliphatic rings. The second-order valence-corrected chi connectivity index (χ2v) is 5.32. The number of rotatable bonds is 5. The number of amides is 2. The molecule has 116 valence electrons. The van der Waals surface area contributed by atoms with Gasteiger partial charge in [-0.2, -0.15) is 0 Å². The maximum atomic E-state index is 11.8. The number of carbonyl (C=O) groups is 2. The van der Waals surface area contributed by atoms with Gasteiger partial charge in [0.25, 0.3) is 0 Å². The first-order chi connectivity index (χ1) is 9.65. The van der Waals surface area contributed by atoms with Crippen molar-refractivity contribution < 1.29 is 19.8 Å². The zero-order valence-corrected chi connectivity index (χ0v) is 12.7. The van der Waals surface area contributed by atoms with Gasteiger partial charge in [-0.3, -0.25) is 0 Å². The number of carbonyl (C=O) groups excluding carboxylic acids is 1. The van der Waals surface area contributed by atoms with Crippen molar-refractivity contribution in [2.45, 2.75) is 12.5 Å². The number of anilines is 2. The zero-order valence-electron chi connectivity index (χ0n) is 12.0. The summed E-state index contributed by atoms with van der Waals surface area (Å²) in [6.07, 6.45) is 0. The van der Waals surface area contributed by atoms with Crippen LogP contribution < -0.4 is 15.5 Å². The van der Waals surface area contributed by atoms with Crippen LogP contribution in [-0.2, 0) is 4.79 Å². The van der Waals surface area contributed by atoms with Crippen LogP contribution in [0, 0.1) is 0 Å². The van der Waals surface area contributed by atoms with Gasteiger partial charge >= 0.3 is 12.0 Å². The number of hydrogen-bond donors (Lipinski definition) is 4. The van der Waals surface area contributed by atoms with Crippen LogP contribution in [0.25, 0.3) is 0 Å². The summed E-state index contributed by atoms with van der Waals surface area (Å²) in [6.45, 7) is 0.673. The fourth-order valence-corrected chi connectivity index (χ4v) is 1.91. The van der Waals surface area contributed by atoms with E-state index in [1.165, 1.54) is 0 Å². The number of nitrogens with zero attached hydrogens (tertiary/aromatic N) is 1. The third kappa shape index (κ3) is 4.51. The average molecular weight is 316 g/mol. The largest absolute Gasteiger partial charge is 0.479 e. The zero-order chi connectivity index (χ0) is 16.2. The summed E-state index contributed by atoms with van der Waals surface area (Å²) >= 11 is 6.07. The van der Waals surface area contributed by atoms with E-state index in [1.54, 1.807) is 37.2 Å². The Kier molecular flexibility index (Phi) is 5.40. The Morgan fingerprint density at radius 2 is 2.00 bits per heavy atom. The summed E-state index contributed by atoms with van der Waals surface area (Å²) in [7, 11) is 3.55. The first-order valence-corrected chi connectivity index (χ1v) is 6.49. The third-order valence-electron chi connectivity index (χ3n) is 2.74. The number of aliphatic carboxylic acids is 1. The summed E-state index contributed by atoms with van der Waals surface area (Å²) in [5.41, 5.74) is -0.935. The Morgan fingerprint density at radius 3 is 2.52 bits per heavy atom. The molecule has 0 heterocycles. The Labute approximate surface area is 127 Å². The number of urea groups is 1. The fourth-order valence-electron chi connectivity index (χ4n) is 1.57. The van der Waals surface area contributed by atoms with Crippen LogP contribution in [0.2, 0.25) is 5.02 Å². The average Bonchev–Trinajstić information content (AvgIpc) is 2.36. The molecule has 1 atom stereocenters. The number of halogens is 1. The quantitative estimate of drug-likeness (QED) is 0.657. The van der Waals surface area contributed by atoms with E-state index >= 15 is 0 Å². The minimum atomic E-state index is -2.03.